The van der Waals surface area contributed by atoms with Crippen LogP contribution in [-0.4, -0.2) is 13.0 Å². The Bertz CT molecular complexity index is 593. The quantitative estimate of drug-likeness (QED) is 0.867. The molecule has 21 heavy (non-hydrogen) atoms. The molecule has 0 aliphatic rings. The van der Waals surface area contributed by atoms with E-state index in [4.69, 9.17) is 0 Å². The summed E-state index contributed by atoms with van der Waals surface area (Å²) >= 11 is 3.44. The molecule has 0 saturated heterocycles. The maximum absolute atomic E-state index is 11.5. The van der Waals surface area contributed by atoms with Gasteiger partial charge in [0, 0.05) is 29.7 Å². The highest BCUT2D eigenvalue weighted by molar-refractivity contribution is 9.10. The fourth-order valence-corrected chi connectivity index (χ4v) is 2.32. The lowest BCUT2D eigenvalue weighted by atomic mass is 10.1. The normalized spacial score (nSPS) is 12.0. The van der Waals surface area contributed by atoms with E-state index < -0.39 is 0 Å². The number of carbonyl (C=O) groups excluding carboxylic acids is 1. The lowest BCUT2D eigenvalue weighted by molar-refractivity contribution is 0.0963. The zero-order chi connectivity index (χ0) is 15.2. The van der Waals surface area contributed by atoms with Gasteiger partial charge in [0.05, 0.1) is 0 Å². The maximum atomic E-state index is 11.5. The molecule has 3 nitrogen and oxygen atoms in total. The molecular weight excluding hydrogens is 328 g/mol. The van der Waals surface area contributed by atoms with Crippen molar-refractivity contribution in [1.82, 2.24) is 10.6 Å². The van der Waals surface area contributed by atoms with E-state index in [9.17, 15) is 4.79 Å². The van der Waals surface area contributed by atoms with Gasteiger partial charge in [0.15, 0.2) is 0 Å². The van der Waals surface area contributed by atoms with Crippen LogP contribution in [0.2, 0.25) is 0 Å². The number of halogens is 1. The third-order valence-electron chi connectivity index (χ3n) is 3.43. The molecule has 2 aromatic carbocycles. The summed E-state index contributed by atoms with van der Waals surface area (Å²) in [5.74, 6) is -0.0576. The first-order chi connectivity index (χ1) is 10.1. The highest BCUT2D eigenvalue weighted by Gasteiger charge is 2.06. The van der Waals surface area contributed by atoms with Gasteiger partial charge >= 0.3 is 0 Å². The minimum atomic E-state index is -0.0576. The summed E-state index contributed by atoms with van der Waals surface area (Å²) in [6.45, 7) is 2.91. The second-order valence-electron chi connectivity index (χ2n) is 4.93. The van der Waals surface area contributed by atoms with E-state index in [2.05, 4.69) is 45.6 Å². The Kier molecular flexibility index (Phi) is 5.53. The van der Waals surface area contributed by atoms with E-state index in [-0.39, 0.29) is 11.9 Å². The third-order valence-corrected chi connectivity index (χ3v) is 3.95. The van der Waals surface area contributed by atoms with Crippen molar-refractivity contribution < 1.29 is 4.79 Å². The van der Waals surface area contributed by atoms with E-state index in [0.29, 0.717) is 5.56 Å². The molecule has 0 bridgehead atoms. The largest absolute Gasteiger partial charge is 0.355 e. The molecule has 0 aromatic heterocycles. The molecule has 0 spiro atoms. The van der Waals surface area contributed by atoms with Gasteiger partial charge < -0.3 is 10.6 Å². The lowest BCUT2D eigenvalue weighted by Gasteiger charge is -2.14. The Morgan fingerprint density at radius 1 is 1.10 bits per heavy atom. The van der Waals surface area contributed by atoms with Gasteiger partial charge in [-0.05, 0) is 42.3 Å². The average molecular weight is 347 g/mol. The van der Waals surface area contributed by atoms with Crippen LogP contribution in [0.25, 0.3) is 0 Å². The maximum Gasteiger partial charge on any atom is 0.251 e. The Morgan fingerprint density at radius 2 is 1.71 bits per heavy atom. The van der Waals surface area contributed by atoms with Crippen LogP contribution >= 0.6 is 15.9 Å². The summed E-state index contributed by atoms with van der Waals surface area (Å²) in [6.07, 6.45) is 0. The van der Waals surface area contributed by atoms with Gasteiger partial charge in [-0.15, -0.1) is 0 Å². The smallest absolute Gasteiger partial charge is 0.251 e. The molecule has 2 rings (SSSR count). The second-order valence-corrected chi connectivity index (χ2v) is 5.85. The summed E-state index contributed by atoms with van der Waals surface area (Å²) in [4.78, 5) is 11.5. The number of nitrogens with one attached hydrogen (secondary N) is 2. The van der Waals surface area contributed by atoms with E-state index in [0.717, 1.165) is 16.6 Å². The van der Waals surface area contributed by atoms with Crippen molar-refractivity contribution >= 4 is 21.8 Å². The average Bonchev–Trinajstić information content (AvgIpc) is 2.53. The summed E-state index contributed by atoms with van der Waals surface area (Å²) < 4.78 is 1.09. The van der Waals surface area contributed by atoms with E-state index in [1.165, 1.54) is 5.56 Å². The Labute approximate surface area is 133 Å². The third kappa shape index (κ3) is 4.41. The van der Waals surface area contributed by atoms with Gasteiger partial charge in [-0.25, -0.2) is 0 Å². The van der Waals surface area contributed by atoms with Crippen molar-refractivity contribution in [3.63, 3.8) is 0 Å². The summed E-state index contributed by atoms with van der Waals surface area (Å²) in [7, 11) is 1.64. The number of hydrogen-bond acceptors (Lipinski definition) is 2. The highest BCUT2D eigenvalue weighted by Crippen LogP contribution is 2.17. The van der Waals surface area contributed by atoms with Crippen molar-refractivity contribution in [3.05, 3.63) is 69.7 Å². The van der Waals surface area contributed by atoms with Crippen LogP contribution in [0, 0.1) is 0 Å². The van der Waals surface area contributed by atoms with Gasteiger partial charge in [0.2, 0.25) is 0 Å². The molecule has 0 saturated carbocycles. The first-order valence-electron chi connectivity index (χ1n) is 6.90. The molecule has 0 unspecified atom stereocenters. The van der Waals surface area contributed by atoms with Crippen LogP contribution in [0.3, 0.4) is 0 Å². The molecule has 0 aliphatic carbocycles. The van der Waals surface area contributed by atoms with Gasteiger partial charge in [0.25, 0.3) is 5.91 Å². The van der Waals surface area contributed by atoms with Crippen LogP contribution in [0.4, 0.5) is 0 Å². The van der Waals surface area contributed by atoms with Gasteiger partial charge in [-0.1, -0.05) is 40.2 Å². The summed E-state index contributed by atoms with van der Waals surface area (Å²) in [5, 5.41) is 6.10. The van der Waals surface area contributed by atoms with Gasteiger partial charge in [-0.2, -0.15) is 0 Å². The van der Waals surface area contributed by atoms with Crippen LogP contribution in [0.5, 0.6) is 0 Å². The van der Waals surface area contributed by atoms with E-state index in [1.54, 1.807) is 7.05 Å². The summed E-state index contributed by atoms with van der Waals surface area (Å²) in [5.41, 5.74) is 3.09. The fourth-order valence-electron chi connectivity index (χ4n) is 2.06. The standard InChI is InChI=1S/C17H19BrN2O/c1-12(14-7-9-16(18)10-8-14)20-11-13-3-5-15(6-4-13)17(21)19-2/h3-10,12,20H,11H2,1-2H3,(H,19,21)/t12-/m0/s1. The number of carbonyl (C=O) groups is 1. The van der Waals surface area contributed by atoms with Crippen molar-refractivity contribution in [1.29, 1.82) is 0 Å². The molecule has 2 aromatic rings. The predicted octanol–water partition coefficient (Wildman–Crippen LogP) is 3.66. The van der Waals surface area contributed by atoms with E-state index >= 15 is 0 Å². The molecule has 4 heteroatoms. The zero-order valence-corrected chi connectivity index (χ0v) is 13.8. The van der Waals surface area contributed by atoms with Crippen molar-refractivity contribution in [2.75, 3.05) is 7.05 Å². The molecule has 2 N–H and O–H groups in total. The number of rotatable bonds is 5. The molecule has 0 radical (unpaired) electrons. The Balaban J connectivity index is 1.93. The SMILES string of the molecule is CNC(=O)c1ccc(CN[C@@H](C)c2ccc(Br)cc2)cc1. The Morgan fingerprint density at radius 3 is 2.29 bits per heavy atom. The number of hydrogen-bond donors (Lipinski definition) is 2. The minimum Gasteiger partial charge on any atom is -0.355 e. The molecule has 0 fully saturated rings. The van der Waals surface area contributed by atoms with Crippen LogP contribution < -0.4 is 10.6 Å². The topological polar surface area (TPSA) is 41.1 Å². The van der Waals surface area contributed by atoms with Crippen LogP contribution in [0.15, 0.2) is 53.0 Å². The molecular formula is C17H19BrN2O. The van der Waals surface area contributed by atoms with Crippen molar-refractivity contribution in [3.8, 4) is 0 Å². The predicted molar refractivity (Wildman–Crippen MR) is 89.2 cm³/mol. The van der Waals surface area contributed by atoms with Crippen LogP contribution in [0.1, 0.15) is 34.5 Å². The zero-order valence-electron chi connectivity index (χ0n) is 12.2. The molecule has 110 valence electrons. The Hall–Kier alpha value is -1.65. The van der Waals surface area contributed by atoms with Gasteiger partial charge in [0.1, 0.15) is 0 Å². The van der Waals surface area contributed by atoms with Crippen molar-refractivity contribution in [2.45, 2.75) is 19.5 Å². The molecule has 1 atom stereocenters. The molecule has 0 aliphatic heterocycles. The molecule has 1 amide bonds. The first-order valence-corrected chi connectivity index (χ1v) is 7.69. The highest BCUT2D eigenvalue weighted by atomic mass is 79.9. The van der Waals surface area contributed by atoms with Crippen LogP contribution in [-0.2, 0) is 6.54 Å². The lowest BCUT2D eigenvalue weighted by Crippen LogP contribution is -2.19. The minimum absolute atomic E-state index is 0.0576. The van der Waals surface area contributed by atoms with Gasteiger partial charge in [-0.3, -0.25) is 4.79 Å². The van der Waals surface area contributed by atoms with E-state index in [1.807, 2.05) is 36.4 Å². The second kappa shape index (κ2) is 7.38. The number of amides is 1. The first kappa shape index (κ1) is 15.7. The monoisotopic (exact) mass is 346 g/mol. The number of benzene rings is 2. The summed E-state index contributed by atoms with van der Waals surface area (Å²) in [6, 6.07) is 16.2. The van der Waals surface area contributed by atoms with Crippen molar-refractivity contribution in [2.24, 2.45) is 0 Å². The fraction of sp³-hybridized carbons (Fsp3) is 0.235. The molecule has 0 heterocycles.